The lowest BCUT2D eigenvalue weighted by Gasteiger charge is -2.15. The van der Waals surface area contributed by atoms with Crippen LogP contribution in [0.15, 0.2) is 24.5 Å². The average Bonchev–Trinajstić information content (AvgIpc) is 2.29. The third-order valence-electron chi connectivity index (χ3n) is 2.58. The van der Waals surface area contributed by atoms with Crippen LogP contribution in [0.3, 0.4) is 0 Å². The van der Waals surface area contributed by atoms with Crippen LogP contribution in [0, 0.1) is 5.92 Å². The molecule has 0 saturated heterocycles. The van der Waals surface area contributed by atoms with E-state index in [9.17, 15) is 4.79 Å². The Labute approximate surface area is 101 Å². The SMILES string of the molecule is CCC(S)CC(Cc1cccnc1)C(=O)O. The van der Waals surface area contributed by atoms with Gasteiger partial charge in [-0.15, -0.1) is 0 Å². The number of hydrogen-bond acceptors (Lipinski definition) is 3. The van der Waals surface area contributed by atoms with Crippen LogP contribution in [0.4, 0.5) is 0 Å². The molecule has 3 nitrogen and oxygen atoms in total. The number of thiol groups is 1. The van der Waals surface area contributed by atoms with Gasteiger partial charge in [0.25, 0.3) is 0 Å². The van der Waals surface area contributed by atoms with E-state index in [1.165, 1.54) is 0 Å². The number of carboxylic acids is 1. The van der Waals surface area contributed by atoms with Crippen LogP contribution in [0.2, 0.25) is 0 Å². The summed E-state index contributed by atoms with van der Waals surface area (Å²) in [5, 5.41) is 9.28. The third kappa shape index (κ3) is 4.23. The Kier molecular flexibility index (Phi) is 5.32. The molecule has 2 unspecified atom stereocenters. The zero-order valence-electron chi connectivity index (χ0n) is 9.34. The fourth-order valence-corrected chi connectivity index (χ4v) is 1.82. The third-order valence-corrected chi connectivity index (χ3v) is 3.16. The van der Waals surface area contributed by atoms with Crippen LogP contribution < -0.4 is 0 Å². The molecule has 0 bridgehead atoms. The first-order chi connectivity index (χ1) is 7.63. The summed E-state index contributed by atoms with van der Waals surface area (Å²) >= 11 is 4.35. The van der Waals surface area contributed by atoms with Crippen LogP contribution in [0.5, 0.6) is 0 Å². The Morgan fingerprint density at radius 3 is 2.88 bits per heavy atom. The van der Waals surface area contributed by atoms with Crippen LogP contribution in [0.1, 0.15) is 25.3 Å². The summed E-state index contributed by atoms with van der Waals surface area (Å²) in [6, 6.07) is 3.73. The molecule has 2 atom stereocenters. The first-order valence-electron chi connectivity index (χ1n) is 5.43. The van der Waals surface area contributed by atoms with Gasteiger partial charge in [0.15, 0.2) is 0 Å². The number of aliphatic carboxylic acids is 1. The molecule has 1 aromatic rings. The molecule has 1 heterocycles. The molecule has 0 aliphatic carbocycles. The van der Waals surface area contributed by atoms with Crippen molar-refractivity contribution in [3.63, 3.8) is 0 Å². The summed E-state index contributed by atoms with van der Waals surface area (Å²) in [6.45, 7) is 2.01. The van der Waals surface area contributed by atoms with Crippen molar-refractivity contribution in [3.05, 3.63) is 30.1 Å². The predicted molar refractivity (Wildman–Crippen MR) is 66.7 cm³/mol. The molecule has 0 aliphatic heterocycles. The van der Waals surface area contributed by atoms with E-state index in [4.69, 9.17) is 5.11 Å². The van der Waals surface area contributed by atoms with Gasteiger partial charge in [0.1, 0.15) is 0 Å². The number of pyridine rings is 1. The first-order valence-corrected chi connectivity index (χ1v) is 5.95. The lowest BCUT2D eigenvalue weighted by molar-refractivity contribution is -0.141. The molecular formula is C12H17NO2S. The summed E-state index contributed by atoms with van der Waals surface area (Å²) in [5.41, 5.74) is 0.964. The van der Waals surface area contributed by atoms with Gasteiger partial charge in [0, 0.05) is 17.6 Å². The van der Waals surface area contributed by atoms with E-state index < -0.39 is 5.97 Å². The molecule has 1 rings (SSSR count). The average molecular weight is 239 g/mol. The molecule has 0 aromatic carbocycles. The zero-order chi connectivity index (χ0) is 12.0. The number of carboxylic acid groups (broad SMARTS) is 1. The van der Waals surface area contributed by atoms with E-state index >= 15 is 0 Å². The lowest BCUT2D eigenvalue weighted by Crippen LogP contribution is -2.20. The number of aromatic nitrogens is 1. The van der Waals surface area contributed by atoms with Gasteiger partial charge in [0.05, 0.1) is 5.92 Å². The highest BCUT2D eigenvalue weighted by molar-refractivity contribution is 7.80. The van der Waals surface area contributed by atoms with E-state index in [1.807, 2.05) is 19.1 Å². The van der Waals surface area contributed by atoms with E-state index in [1.54, 1.807) is 12.4 Å². The zero-order valence-corrected chi connectivity index (χ0v) is 10.2. The summed E-state index contributed by atoms with van der Waals surface area (Å²) in [7, 11) is 0. The highest BCUT2D eigenvalue weighted by Crippen LogP contribution is 2.18. The smallest absolute Gasteiger partial charge is 0.306 e. The van der Waals surface area contributed by atoms with Crippen molar-refractivity contribution in [1.82, 2.24) is 4.98 Å². The summed E-state index contributed by atoms with van der Waals surface area (Å²) in [4.78, 5) is 15.1. The minimum absolute atomic E-state index is 0.151. The molecule has 4 heteroatoms. The van der Waals surface area contributed by atoms with Crippen molar-refractivity contribution in [1.29, 1.82) is 0 Å². The topological polar surface area (TPSA) is 50.2 Å². The van der Waals surface area contributed by atoms with Gasteiger partial charge < -0.3 is 5.11 Å². The Bertz CT molecular complexity index is 329. The fourth-order valence-electron chi connectivity index (χ4n) is 1.57. The van der Waals surface area contributed by atoms with E-state index in [0.717, 1.165) is 12.0 Å². The van der Waals surface area contributed by atoms with E-state index in [2.05, 4.69) is 17.6 Å². The largest absolute Gasteiger partial charge is 0.481 e. The van der Waals surface area contributed by atoms with Gasteiger partial charge in [-0.3, -0.25) is 9.78 Å². The monoisotopic (exact) mass is 239 g/mol. The minimum atomic E-state index is -0.753. The van der Waals surface area contributed by atoms with Gasteiger partial charge in [-0.25, -0.2) is 0 Å². The molecule has 0 saturated carbocycles. The number of carbonyl (C=O) groups is 1. The number of nitrogens with zero attached hydrogens (tertiary/aromatic N) is 1. The Morgan fingerprint density at radius 2 is 2.38 bits per heavy atom. The fraction of sp³-hybridized carbons (Fsp3) is 0.500. The Hall–Kier alpha value is -1.03. The molecule has 0 spiro atoms. The van der Waals surface area contributed by atoms with Crippen molar-refractivity contribution in [2.24, 2.45) is 5.92 Å². The maximum Gasteiger partial charge on any atom is 0.306 e. The number of rotatable bonds is 6. The Morgan fingerprint density at radius 1 is 1.62 bits per heavy atom. The highest BCUT2D eigenvalue weighted by Gasteiger charge is 2.20. The summed E-state index contributed by atoms with van der Waals surface area (Å²) in [5.74, 6) is -1.12. The molecule has 0 amide bonds. The van der Waals surface area contributed by atoms with Crippen molar-refractivity contribution in [2.75, 3.05) is 0 Å². The molecule has 0 aliphatic rings. The lowest BCUT2D eigenvalue weighted by atomic mass is 9.95. The van der Waals surface area contributed by atoms with Crippen LogP contribution in [0.25, 0.3) is 0 Å². The summed E-state index contributed by atoms with van der Waals surface area (Å²) < 4.78 is 0. The molecule has 1 aromatic heterocycles. The van der Waals surface area contributed by atoms with Crippen LogP contribution in [-0.2, 0) is 11.2 Å². The maximum atomic E-state index is 11.1. The molecule has 88 valence electrons. The summed E-state index contributed by atoms with van der Waals surface area (Å²) in [6.07, 6.45) is 5.42. The van der Waals surface area contributed by atoms with Crippen LogP contribution in [-0.4, -0.2) is 21.3 Å². The van der Waals surface area contributed by atoms with Gasteiger partial charge >= 0.3 is 5.97 Å². The molecule has 0 radical (unpaired) electrons. The second-order valence-electron chi connectivity index (χ2n) is 3.90. The van der Waals surface area contributed by atoms with E-state index in [0.29, 0.717) is 12.8 Å². The normalized spacial score (nSPS) is 14.4. The van der Waals surface area contributed by atoms with E-state index in [-0.39, 0.29) is 11.2 Å². The standard InChI is InChI=1S/C12H17NO2S/c1-2-11(16)7-10(12(14)15)6-9-4-3-5-13-8-9/h3-5,8,10-11,16H,2,6-7H2,1H3,(H,14,15). The quantitative estimate of drug-likeness (QED) is 0.750. The van der Waals surface area contributed by atoms with Crippen LogP contribution >= 0.6 is 12.6 Å². The second kappa shape index (κ2) is 6.53. The van der Waals surface area contributed by atoms with Gasteiger partial charge in [-0.1, -0.05) is 13.0 Å². The Balaban J connectivity index is 2.62. The molecular weight excluding hydrogens is 222 g/mol. The minimum Gasteiger partial charge on any atom is -0.481 e. The van der Waals surface area contributed by atoms with Crippen molar-refractivity contribution in [2.45, 2.75) is 31.4 Å². The molecule has 0 fully saturated rings. The highest BCUT2D eigenvalue weighted by atomic mass is 32.1. The number of hydrogen-bond donors (Lipinski definition) is 2. The van der Waals surface area contributed by atoms with Crippen molar-refractivity contribution in [3.8, 4) is 0 Å². The van der Waals surface area contributed by atoms with Crippen molar-refractivity contribution >= 4 is 18.6 Å². The predicted octanol–water partition coefficient (Wildman–Crippen LogP) is 2.42. The van der Waals surface area contributed by atoms with Gasteiger partial charge in [0.2, 0.25) is 0 Å². The van der Waals surface area contributed by atoms with Gasteiger partial charge in [-0.2, -0.15) is 12.6 Å². The molecule has 16 heavy (non-hydrogen) atoms. The maximum absolute atomic E-state index is 11.1. The van der Waals surface area contributed by atoms with Gasteiger partial charge in [-0.05, 0) is 30.9 Å². The van der Waals surface area contributed by atoms with Crippen molar-refractivity contribution < 1.29 is 9.90 Å². The molecule has 1 N–H and O–H groups in total. The first kappa shape index (κ1) is 13.0. The second-order valence-corrected chi connectivity index (χ2v) is 4.63.